The van der Waals surface area contributed by atoms with Gasteiger partial charge < -0.3 is 15.0 Å². The summed E-state index contributed by atoms with van der Waals surface area (Å²) in [5, 5.41) is 3.25. The summed E-state index contributed by atoms with van der Waals surface area (Å²) in [7, 11) is 1.94. The Hall–Kier alpha value is -0.610. The fourth-order valence-corrected chi connectivity index (χ4v) is 2.70. The third-order valence-corrected chi connectivity index (χ3v) is 4.00. The van der Waals surface area contributed by atoms with Crippen LogP contribution >= 0.6 is 0 Å². The van der Waals surface area contributed by atoms with Crippen molar-refractivity contribution in [3.8, 4) is 0 Å². The average molecular weight is 240 g/mol. The van der Waals surface area contributed by atoms with Crippen molar-refractivity contribution in [2.75, 3.05) is 39.9 Å². The summed E-state index contributed by atoms with van der Waals surface area (Å²) in [5.74, 6) is 1.29. The SMILES string of the molecule is CN(CCC1CCOCC1)C(=O)C1CCNC1. The maximum absolute atomic E-state index is 12.1. The van der Waals surface area contributed by atoms with Crippen molar-refractivity contribution in [3.63, 3.8) is 0 Å². The van der Waals surface area contributed by atoms with E-state index in [0.717, 1.165) is 64.4 Å². The number of ether oxygens (including phenoxy) is 1. The van der Waals surface area contributed by atoms with E-state index in [9.17, 15) is 4.79 Å². The van der Waals surface area contributed by atoms with E-state index in [1.165, 1.54) is 0 Å². The summed E-state index contributed by atoms with van der Waals surface area (Å²) >= 11 is 0. The van der Waals surface area contributed by atoms with E-state index in [2.05, 4.69) is 5.32 Å². The van der Waals surface area contributed by atoms with Crippen LogP contribution in [0.2, 0.25) is 0 Å². The van der Waals surface area contributed by atoms with Gasteiger partial charge in [-0.15, -0.1) is 0 Å². The Balaban J connectivity index is 1.68. The Labute approximate surface area is 104 Å². The maximum Gasteiger partial charge on any atom is 0.226 e. The van der Waals surface area contributed by atoms with Gasteiger partial charge in [0.05, 0.1) is 5.92 Å². The first-order valence-corrected chi connectivity index (χ1v) is 6.81. The van der Waals surface area contributed by atoms with Crippen LogP contribution < -0.4 is 5.32 Å². The highest BCUT2D eigenvalue weighted by Crippen LogP contribution is 2.19. The molecule has 2 aliphatic rings. The molecule has 4 heteroatoms. The van der Waals surface area contributed by atoms with Crippen LogP contribution in [0.25, 0.3) is 0 Å². The van der Waals surface area contributed by atoms with Gasteiger partial charge in [-0.3, -0.25) is 4.79 Å². The molecule has 0 aromatic rings. The summed E-state index contributed by atoms with van der Waals surface area (Å²) in [6.45, 7) is 4.55. The Morgan fingerprint density at radius 3 is 2.76 bits per heavy atom. The second kappa shape index (κ2) is 6.36. The smallest absolute Gasteiger partial charge is 0.226 e. The first-order valence-electron chi connectivity index (χ1n) is 6.81. The van der Waals surface area contributed by atoms with Gasteiger partial charge in [0.1, 0.15) is 0 Å². The number of hydrogen-bond donors (Lipinski definition) is 1. The predicted octanol–water partition coefficient (Wildman–Crippen LogP) is 0.871. The van der Waals surface area contributed by atoms with Crippen molar-refractivity contribution in [3.05, 3.63) is 0 Å². The zero-order valence-electron chi connectivity index (χ0n) is 10.8. The van der Waals surface area contributed by atoms with Crippen LogP contribution in [-0.2, 0) is 9.53 Å². The molecule has 2 heterocycles. The number of hydrogen-bond acceptors (Lipinski definition) is 3. The first-order chi connectivity index (χ1) is 8.27. The third kappa shape index (κ3) is 3.68. The van der Waals surface area contributed by atoms with Gasteiger partial charge in [-0.1, -0.05) is 0 Å². The number of carbonyl (C=O) groups excluding carboxylic acids is 1. The van der Waals surface area contributed by atoms with Crippen molar-refractivity contribution in [2.45, 2.75) is 25.7 Å². The molecule has 4 nitrogen and oxygen atoms in total. The van der Waals surface area contributed by atoms with Crippen LogP contribution in [0.1, 0.15) is 25.7 Å². The minimum absolute atomic E-state index is 0.217. The molecule has 1 atom stereocenters. The van der Waals surface area contributed by atoms with E-state index in [1.54, 1.807) is 0 Å². The standard InChI is InChI=1S/C13H24N2O2/c1-15(13(16)12-2-6-14-10-12)7-3-11-4-8-17-9-5-11/h11-12,14H,2-10H2,1H3. The first kappa shape index (κ1) is 12.8. The van der Waals surface area contributed by atoms with Crippen molar-refractivity contribution < 1.29 is 9.53 Å². The summed E-state index contributed by atoms with van der Waals surface area (Å²) < 4.78 is 5.35. The predicted molar refractivity (Wildman–Crippen MR) is 66.8 cm³/mol. The largest absolute Gasteiger partial charge is 0.381 e. The molecule has 1 amide bonds. The molecule has 1 N–H and O–H groups in total. The van der Waals surface area contributed by atoms with Crippen molar-refractivity contribution in [1.29, 1.82) is 0 Å². The Morgan fingerprint density at radius 1 is 1.35 bits per heavy atom. The third-order valence-electron chi connectivity index (χ3n) is 4.00. The fraction of sp³-hybridized carbons (Fsp3) is 0.923. The summed E-state index contributed by atoms with van der Waals surface area (Å²) in [6, 6.07) is 0. The molecule has 2 fully saturated rings. The van der Waals surface area contributed by atoms with Crippen molar-refractivity contribution in [1.82, 2.24) is 10.2 Å². The Kier molecular flexibility index (Phi) is 4.80. The zero-order valence-corrected chi connectivity index (χ0v) is 10.8. The van der Waals surface area contributed by atoms with E-state index in [-0.39, 0.29) is 5.92 Å². The molecule has 0 aromatic carbocycles. The topological polar surface area (TPSA) is 41.6 Å². The van der Waals surface area contributed by atoms with Gasteiger partial charge in [0.15, 0.2) is 0 Å². The van der Waals surface area contributed by atoms with Gasteiger partial charge in [-0.2, -0.15) is 0 Å². The highest BCUT2D eigenvalue weighted by Gasteiger charge is 2.25. The van der Waals surface area contributed by atoms with Crippen LogP contribution in [0.5, 0.6) is 0 Å². The van der Waals surface area contributed by atoms with Gasteiger partial charge in [0.2, 0.25) is 5.91 Å². The Morgan fingerprint density at radius 2 is 2.12 bits per heavy atom. The summed E-state index contributed by atoms with van der Waals surface area (Å²) in [4.78, 5) is 14.0. The van der Waals surface area contributed by atoms with Gasteiger partial charge in [0, 0.05) is 33.4 Å². The lowest BCUT2D eigenvalue weighted by Gasteiger charge is -2.26. The lowest BCUT2D eigenvalue weighted by molar-refractivity contribution is -0.133. The quantitative estimate of drug-likeness (QED) is 0.793. The molecule has 17 heavy (non-hydrogen) atoms. The second-order valence-electron chi connectivity index (χ2n) is 5.29. The summed E-state index contributed by atoms with van der Waals surface area (Å²) in [5.41, 5.74) is 0. The molecule has 0 aliphatic carbocycles. The number of nitrogens with zero attached hydrogens (tertiary/aromatic N) is 1. The normalized spacial score (nSPS) is 26.1. The van der Waals surface area contributed by atoms with Crippen LogP contribution in [0.4, 0.5) is 0 Å². The lowest BCUT2D eigenvalue weighted by Crippen LogP contribution is -2.35. The van der Waals surface area contributed by atoms with E-state index < -0.39 is 0 Å². The molecule has 0 saturated carbocycles. The van der Waals surface area contributed by atoms with Gasteiger partial charge in [0.25, 0.3) is 0 Å². The molecule has 0 aromatic heterocycles. The molecule has 0 spiro atoms. The molecule has 0 bridgehead atoms. The number of carbonyl (C=O) groups is 1. The van der Waals surface area contributed by atoms with Crippen molar-refractivity contribution in [2.24, 2.45) is 11.8 Å². The molecule has 98 valence electrons. The van der Waals surface area contributed by atoms with Crippen LogP contribution in [-0.4, -0.2) is 50.7 Å². The minimum atomic E-state index is 0.217. The molecule has 2 saturated heterocycles. The highest BCUT2D eigenvalue weighted by molar-refractivity contribution is 5.79. The minimum Gasteiger partial charge on any atom is -0.381 e. The molecule has 0 radical (unpaired) electrons. The van der Waals surface area contributed by atoms with Crippen LogP contribution in [0.15, 0.2) is 0 Å². The van der Waals surface area contributed by atoms with Gasteiger partial charge in [-0.05, 0) is 38.1 Å². The van der Waals surface area contributed by atoms with E-state index in [1.807, 2.05) is 11.9 Å². The number of rotatable bonds is 4. The molecular weight excluding hydrogens is 216 g/mol. The number of amides is 1. The van der Waals surface area contributed by atoms with Gasteiger partial charge in [-0.25, -0.2) is 0 Å². The van der Waals surface area contributed by atoms with Crippen LogP contribution in [0, 0.1) is 11.8 Å². The highest BCUT2D eigenvalue weighted by atomic mass is 16.5. The maximum atomic E-state index is 12.1. The molecule has 2 aliphatic heterocycles. The van der Waals surface area contributed by atoms with E-state index >= 15 is 0 Å². The van der Waals surface area contributed by atoms with Gasteiger partial charge >= 0.3 is 0 Å². The fourth-order valence-electron chi connectivity index (χ4n) is 2.70. The van der Waals surface area contributed by atoms with E-state index in [4.69, 9.17) is 4.74 Å². The molecule has 1 unspecified atom stereocenters. The Bertz CT molecular complexity index is 246. The summed E-state index contributed by atoms with van der Waals surface area (Å²) in [6.07, 6.45) is 4.45. The van der Waals surface area contributed by atoms with E-state index in [0.29, 0.717) is 5.91 Å². The average Bonchev–Trinajstić information content (AvgIpc) is 2.90. The lowest BCUT2D eigenvalue weighted by atomic mass is 9.96. The number of nitrogens with one attached hydrogen (secondary N) is 1. The van der Waals surface area contributed by atoms with Crippen molar-refractivity contribution >= 4 is 5.91 Å². The molecule has 2 rings (SSSR count). The van der Waals surface area contributed by atoms with Crippen LogP contribution in [0.3, 0.4) is 0 Å². The molecular formula is C13H24N2O2. The monoisotopic (exact) mass is 240 g/mol. The second-order valence-corrected chi connectivity index (χ2v) is 5.29. The zero-order chi connectivity index (χ0) is 12.1.